The van der Waals surface area contributed by atoms with Crippen LogP contribution in [0.4, 0.5) is 5.00 Å². The van der Waals surface area contributed by atoms with Gasteiger partial charge in [-0.05, 0) is 55.6 Å². The lowest BCUT2D eigenvalue weighted by atomic mass is 9.94. The van der Waals surface area contributed by atoms with Gasteiger partial charge >= 0.3 is 0 Å². The molecule has 4 nitrogen and oxygen atoms in total. The van der Waals surface area contributed by atoms with Gasteiger partial charge in [-0.25, -0.2) is 0 Å². The van der Waals surface area contributed by atoms with E-state index in [1.54, 1.807) is 11.3 Å². The summed E-state index contributed by atoms with van der Waals surface area (Å²) >= 11 is 9.50. The summed E-state index contributed by atoms with van der Waals surface area (Å²) < 4.78 is 0. The van der Waals surface area contributed by atoms with Gasteiger partial charge in [0.25, 0.3) is 5.91 Å². The van der Waals surface area contributed by atoms with Gasteiger partial charge in [-0.1, -0.05) is 29.8 Å². The standard InChI is InChI=1S/C23H26ClN3OS2/c1-15-16(2)30-23(25-22(28)19-8-5-13-29-19)20(15)21(17-6-4-7-18(24)14-17)27-11-9-26(3)10-12-27/h4-8,13-14,21H,9-12H2,1-3H3,(H,25,28)/t21-/m1/s1. The zero-order chi connectivity index (χ0) is 21.3. The quantitative estimate of drug-likeness (QED) is 0.534. The Balaban J connectivity index is 1.77. The van der Waals surface area contributed by atoms with E-state index in [0.717, 1.165) is 41.1 Å². The van der Waals surface area contributed by atoms with Crippen molar-refractivity contribution >= 4 is 45.2 Å². The van der Waals surface area contributed by atoms with E-state index in [1.165, 1.54) is 32.9 Å². The van der Waals surface area contributed by atoms with Gasteiger partial charge in [-0.3, -0.25) is 9.69 Å². The van der Waals surface area contributed by atoms with E-state index < -0.39 is 0 Å². The molecular formula is C23H26ClN3OS2. The van der Waals surface area contributed by atoms with Gasteiger partial charge in [0.15, 0.2) is 0 Å². The minimum Gasteiger partial charge on any atom is -0.313 e. The number of nitrogens with zero attached hydrogens (tertiary/aromatic N) is 2. The van der Waals surface area contributed by atoms with Crippen molar-refractivity contribution in [3.63, 3.8) is 0 Å². The minimum absolute atomic E-state index is 0.0456. The Labute approximate surface area is 191 Å². The van der Waals surface area contributed by atoms with Crippen molar-refractivity contribution in [2.75, 3.05) is 38.5 Å². The summed E-state index contributed by atoms with van der Waals surface area (Å²) in [5, 5.41) is 6.81. The first-order valence-corrected chi connectivity index (χ1v) is 12.1. The number of anilines is 1. The highest BCUT2D eigenvalue weighted by Crippen LogP contribution is 2.43. The predicted molar refractivity (Wildman–Crippen MR) is 128 cm³/mol. The summed E-state index contributed by atoms with van der Waals surface area (Å²) in [7, 11) is 2.17. The van der Waals surface area contributed by atoms with Crippen molar-refractivity contribution in [2.24, 2.45) is 0 Å². The Hall–Kier alpha value is -1.70. The number of carbonyl (C=O) groups excluding carboxylic acids is 1. The lowest BCUT2D eigenvalue weighted by molar-refractivity contribution is 0.103. The highest BCUT2D eigenvalue weighted by Gasteiger charge is 2.31. The Morgan fingerprint density at radius 1 is 1.13 bits per heavy atom. The van der Waals surface area contributed by atoms with Crippen LogP contribution in [0, 0.1) is 13.8 Å². The van der Waals surface area contributed by atoms with Crippen LogP contribution in [0.3, 0.4) is 0 Å². The first-order chi connectivity index (χ1) is 14.4. The van der Waals surface area contributed by atoms with Gasteiger partial charge in [0, 0.05) is 41.6 Å². The molecule has 1 fully saturated rings. The molecule has 0 unspecified atom stereocenters. The van der Waals surface area contributed by atoms with Crippen LogP contribution >= 0.6 is 34.3 Å². The predicted octanol–water partition coefficient (Wildman–Crippen LogP) is 5.67. The van der Waals surface area contributed by atoms with E-state index >= 15 is 0 Å². The molecule has 1 saturated heterocycles. The molecule has 3 aromatic rings. The highest BCUT2D eigenvalue weighted by atomic mass is 35.5. The third-order valence-electron chi connectivity index (χ3n) is 5.74. The zero-order valence-corrected chi connectivity index (χ0v) is 19.8. The molecule has 1 atom stereocenters. The van der Waals surface area contributed by atoms with Crippen molar-refractivity contribution in [3.8, 4) is 0 Å². The second-order valence-electron chi connectivity index (χ2n) is 7.75. The van der Waals surface area contributed by atoms with Crippen LogP contribution in [0.5, 0.6) is 0 Å². The summed E-state index contributed by atoms with van der Waals surface area (Å²) in [6, 6.07) is 12.0. The number of benzene rings is 1. The molecule has 0 saturated carbocycles. The van der Waals surface area contributed by atoms with E-state index in [-0.39, 0.29) is 11.9 Å². The number of aryl methyl sites for hydroxylation is 1. The average Bonchev–Trinajstić information content (AvgIpc) is 3.35. The van der Waals surface area contributed by atoms with Gasteiger partial charge < -0.3 is 10.2 Å². The molecule has 1 amide bonds. The smallest absolute Gasteiger partial charge is 0.266 e. The lowest BCUT2D eigenvalue weighted by Gasteiger charge is -2.39. The fraction of sp³-hybridized carbons (Fsp3) is 0.348. The molecule has 7 heteroatoms. The normalized spacial score (nSPS) is 16.5. The molecule has 1 aliphatic rings. The zero-order valence-electron chi connectivity index (χ0n) is 17.4. The number of halogens is 1. The summed E-state index contributed by atoms with van der Waals surface area (Å²) in [6.07, 6.45) is 0. The van der Waals surface area contributed by atoms with E-state index in [9.17, 15) is 4.79 Å². The number of amides is 1. The van der Waals surface area contributed by atoms with Gasteiger partial charge in [-0.15, -0.1) is 22.7 Å². The van der Waals surface area contributed by atoms with Crippen molar-refractivity contribution in [1.29, 1.82) is 0 Å². The molecule has 30 heavy (non-hydrogen) atoms. The number of nitrogens with one attached hydrogen (secondary N) is 1. The molecule has 158 valence electrons. The van der Waals surface area contributed by atoms with Gasteiger partial charge in [0.2, 0.25) is 0 Å². The van der Waals surface area contributed by atoms with Crippen LogP contribution in [0.25, 0.3) is 0 Å². The molecule has 3 heterocycles. The van der Waals surface area contributed by atoms with Gasteiger partial charge in [-0.2, -0.15) is 0 Å². The van der Waals surface area contributed by atoms with Crippen LogP contribution in [-0.4, -0.2) is 48.9 Å². The van der Waals surface area contributed by atoms with Crippen molar-refractivity contribution in [2.45, 2.75) is 19.9 Å². The summed E-state index contributed by atoms with van der Waals surface area (Å²) in [6.45, 7) is 8.28. The molecule has 1 aromatic carbocycles. The molecule has 0 spiro atoms. The Kier molecular flexibility index (Phi) is 6.60. The molecule has 4 rings (SSSR count). The summed E-state index contributed by atoms with van der Waals surface area (Å²) in [5.74, 6) is -0.0456. The van der Waals surface area contributed by atoms with Crippen LogP contribution < -0.4 is 5.32 Å². The number of thiophene rings is 2. The number of hydrogen-bond acceptors (Lipinski definition) is 5. The number of rotatable bonds is 5. The third-order valence-corrected chi connectivity index (χ3v) is 7.99. The van der Waals surface area contributed by atoms with E-state index in [1.807, 2.05) is 29.6 Å². The number of piperazine rings is 1. The molecule has 0 aliphatic carbocycles. The second-order valence-corrected chi connectivity index (χ2v) is 10.4. The van der Waals surface area contributed by atoms with Crippen molar-refractivity contribution in [3.05, 3.63) is 73.2 Å². The van der Waals surface area contributed by atoms with E-state index in [0.29, 0.717) is 0 Å². The molecule has 0 radical (unpaired) electrons. The largest absolute Gasteiger partial charge is 0.313 e. The molecule has 0 bridgehead atoms. The monoisotopic (exact) mass is 459 g/mol. The van der Waals surface area contributed by atoms with Crippen LogP contribution in [-0.2, 0) is 0 Å². The molecule has 2 aromatic heterocycles. The first-order valence-electron chi connectivity index (χ1n) is 10.1. The lowest BCUT2D eigenvalue weighted by Crippen LogP contribution is -2.46. The Bertz CT molecular complexity index is 1020. The van der Waals surface area contributed by atoms with Crippen molar-refractivity contribution < 1.29 is 4.79 Å². The Morgan fingerprint density at radius 3 is 2.57 bits per heavy atom. The van der Waals surface area contributed by atoms with E-state index in [2.05, 4.69) is 48.1 Å². The van der Waals surface area contributed by atoms with Gasteiger partial charge in [0.05, 0.1) is 10.9 Å². The number of carbonyl (C=O) groups is 1. The van der Waals surface area contributed by atoms with E-state index in [4.69, 9.17) is 11.6 Å². The van der Waals surface area contributed by atoms with Crippen LogP contribution in [0.15, 0.2) is 41.8 Å². The SMILES string of the molecule is Cc1sc(NC(=O)c2cccs2)c([C@@H](c2cccc(Cl)c2)N2CCN(C)CC2)c1C. The molecule has 1 N–H and O–H groups in total. The minimum atomic E-state index is -0.0456. The summed E-state index contributed by atoms with van der Waals surface area (Å²) in [5.41, 5.74) is 3.60. The third kappa shape index (κ3) is 4.48. The topological polar surface area (TPSA) is 35.6 Å². The Morgan fingerprint density at radius 2 is 1.90 bits per heavy atom. The fourth-order valence-electron chi connectivity index (χ4n) is 3.96. The van der Waals surface area contributed by atoms with Gasteiger partial charge in [0.1, 0.15) is 5.00 Å². The maximum Gasteiger partial charge on any atom is 0.266 e. The fourth-order valence-corrected chi connectivity index (χ4v) is 5.86. The number of likely N-dealkylation sites (N-methyl/N-ethyl adjacent to an activating group) is 1. The first kappa shape index (κ1) is 21.5. The molecular weight excluding hydrogens is 434 g/mol. The number of hydrogen-bond donors (Lipinski definition) is 1. The van der Waals surface area contributed by atoms with Crippen LogP contribution in [0.2, 0.25) is 5.02 Å². The maximum absolute atomic E-state index is 12.8. The average molecular weight is 460 g/mol. The van der Waals surface area contributed by atoms with Crippen molar-refractivity contribution in [1.82, 2.24) is 9.80 Å². The highest BCUT2D eigenvalue weighted by molar-refractivity contribution is 7.17. The summed E-state index contributed by atoms with van der Waals surface area (Å²) in [4.78, 5) is 19.7. The second kappa shape index (κ2) is 9.20. The van der Waals surface area contributed by atoms with Crippen LogP contribution in [0.1, 0.15) is 37.3 Å². The maximum atomic E-state index is 12.8. The molecule has 1 aliphatic heterocycles.